The van der Waals surface area contributed by atoms with Crippen LogP contribution in [0.5, 0.6) is 0 Å². The van der Waals surface area contributed by atoms with Gasteiger partial charge in [-0.25, -0.2) is 4.79 Å². The molecule has 1 aromatic rings. The van der Waals surface area contributed by atoms with Gasteiger partial charge in [0.1, 0.15) is 18.1 Å². The van der Waals surface area contributed by atoms with Gasteiger partial charge in [-0.2, -0.15) is 0 Å². The van der Waals surface area contributed by atoms with E-state index in [2.05, 4.69) is 15.6 Å². The molecule has 4 unspecified atom stereocenters. The normalized spacial score (nSPS) is 16.9. The molecule has 39 heavy (non-hydrogen) atoms. The van der Waals surface area contributed by atoms with Crippen molar-refractivity contribution in [1.82, 2.24) is 15.5 Å². The van der Waals surface area contributed by atoms with Gasteiger partial charge in [-0.1, -0.05) is 30.3 Å². The Bertz CT molecular complexity index is 1050. The van der Waals surface area contributed by atoms with Crippen molar-refractivity contribution in [1.29, 1.82) is 0 Å². The fourth-order valence-corrected chi connectivity index (χ4v) is 4.27. The number of aliphatic imine (C=N–C) groups is 1. The number of carbonyl (C=O) groups excluding carboxylic acids is 3. The summed E-state index contributed by atoms with van der Waals surface area (Å²) in [5, 5.41) is 23.6. The topological polar surface area (TPSA) is 244 Å². The van der Waals surface area contributed by atoms with Gasteiger partial charge in [0.05, 0.1) is 6.04 Å². The summed E-state index contributed by atoms with van der Waals surface area (Å²) in [5.74, 6) is -4.31. The standard InChI is InChI=1S/C25H37N7O7/c26-16(10-11-20(33)34)21(35)31-18(14-15-6-2-1-3-7-15)22(36)30-17(8-4-12-29-25(27)28)23(37)32-13-5-9-19(32)24(38)39/h1-3,6-7,16-19H,4-5,8-14,26H2,(H,30,36)(H,31,35)(H,33,34)(H,38,39)(H4,27,28,29). The Balaban J connectivity index is 2.24. The van der Waals surface area contributed by atoms with E-state index < -0.39 is 53.8 Å². The van der Waals surface area contributed by atoms with Gasteiger partial charge in [-0.15, -0.1) is 0 Å². The number of rotatable bonds is 15. The molecule has 0 saturated carbocycles. The van der Waals surface area contributed by atoms with Crippen LogP contribution in [0.3, 0.4) is 0 Å². The third-order valence-corrected chi connectivity index (χ3v) is 6.30. The minimum absolute atomic E-state index is 0.0699. The maximum atomic E-state index is 13.4. The van der Waals surface area contributed by atoms with Crippen molar-refractivity contribution >= 4 is 35.6 Å². The second-order valence-electron chi connectivity index (χ2n) is 9.33. The first-order chi connectivity index (χ1) is 18.5. The number of guanidine groups is 1. The molecular weight excluding hydrogens is 510 g/mol. The second kappa shape index (κ2) is 15.3. The van der Waals surface area contributed by atoms with Gasteiger partial charge in [0.2, 0.25) is 17.7 Å². The number of amides is 3. The number of nitrogens with zero attached hydrogens (tertiary/aromatic N) is 2. The number of benzene rings is 1. The summed E-state index contributed by atoms with van der Waals surface area (Å²) in [6, 6.07) is 4.44. The molecule has 2 rings (SSSR count). The van der Waals surface area contributed by atoms with Crippen LogP contribution in [0.2, 0.25) is 0 Å². The summed E-state index contributed by atoms with van der Waals surface area (Å²) in [4.78, 5) is 67.2. The lowest BCUT2D eigenvalue weighted by Gasteiger charge is -2.29. The minimum atomic E-state index is -1.16. The van der Waals surface area contributed by atoms with Crippen molar-refractivity contribution in [3.8, 4) is 0 Å². The first-order valence-electron chi connectivity index (χ1n) is 12.7. The van der Waals surface area contributed by atoms with Gasteiger partial charge in [-0.3, -0.25) is 24.2 Å². The zero-order valence-corrected chi connectivity index (χ0v) is 21.6. The van der Waals surface area contributed by atoms with E-state index in [1.807, 2.05) is 0 Å². The number of likely N-dealkylation sites (tertiary alicyclic amines) is 1. The molecule has 214 valence electrons. The summed E-state index contributed by atoms with van der Waals surface area (Å²) in [6.07, 6.45) is 0.870. The number of aliphatic carboxylic acids is 2. The van der Waals surface area contributed by atoms with E-state index in [9.17, 15) is 29.1 Å². The summed E-state index contributed by atoms with van der Waals surface area (Å²) >= 11 is 0. The monoisotopic (exact) mass is 547 g/mol. The Kier molecular flexibility index (Phi) is 12.1. The lowest BCUT2D eigenvalue weighted by atomic mass is 10.0. The number of carbonyl (C=O) groups is 5. The number of nitrogens with two attached hydrogens (primary N) is 3. The Hall–Kier alpha value is -4.20. The van der Waals surface area contributed by atoms with Gasteiger partial charge in [0.25, 0.3) is 0 Å². The average Bonchev–Trinajstić information content (AvgIpc) is 3.39. The largest absolute Gasteiger partial charge is 0.481 e. The fraction of sp³-hybridized carbons (Fsp3) is 0.520. The molecular formula is C25H37N7O7. The highest BCUT2D eigenvalue weighted by atomic mass is 16.4. The molecule has 1 aromatic carbocycles. The van der Waals surface area contributed by atoms with Crippen LogP contribution in [0.4, 0.5) is 0 Å². The van der Waals surface area contributed by atoms with Crippen LogP contribution in [0, 0.1) is 0 Å². The molecule has 14 nitrogen and oxygen atoms in total. The van der Waals surface area contributed by atoms with Crippen molar-refractivity contribution < 1.29 is 34.2 Å². The summed E-state index contributed by atoms with van der Waals surface area (Å²) in [6.45, 7) is 0.422. The Morgan fingerprint density at radius 2 is 1.67 bits per heavy atom. The summed E-state index contributed by atoms with van der Waals surface area (Å²) in [5.41, 5.74) is 17.3. The van der Waals surface area contributed by atoms with Crippen LogP contribution in [0.15, 0.2) is 35.3 Å². The van der Waals surface area contributed by atoms with Crippen molar-refractivity contribution in [2.75, 3.05) is 13.1 Å². The van der Waals surface area contributed by atoms with Gasteiger partial charge in [-0.05, 0) is 37.7 Å². The molecule has 0 bridgehead atoms. The molecule has 10 N–H and O–H groups in total. The van der Waals surface area contributed by atoms with Crippen molar-refractivity contribution in [2.24, 2.45) is 22.2 Å². The Morgan fingerprint density at radius 3 is 2.28 bits per heavy atom. The highest BCUT2D eigenvalue weighted by Crippen LogP contribution is 2.20. The number of hydrogen-bond acceptors (Lipinski definition) is 7. The second-order valence-corrected chi connectivity index (χ2v) is 9.33. The number of nitrogens with one attached hydrogen (secondary N) is 2. The molecule has 0 spiro atoms. The molecule has 0 radical (unpaired) electrons. The van der Waals surface area contributed by atoms with Crippen LogP contribution >= 0.6 is 0 Å². The van der Waals surface area contributed by atoms with Crippen molar-refractivity contribution in [3.05, 3.63) is 35.9 Å². The lowest BCUT2D eigenvalue weighted by Crippen LogP contribution is -2.57. The summed E-state index contributed by atoms with van der Waals surface area (Å²) < 4.78 is 0. The molecule has 1 aliphatic rings. The molecule has 0 aliphatic carbocycles. The van der Waals surface area contributed by atoms with E-state index in [0.29, 0.717) is 19.3 Å². The number of carboxylic acids is 2. The highest BCUT2D eigenvalue weighted by molar-refractivity contribution is 5.94. The lowest BCUT2D eigenvalue weighted by molar-refractivity contribution is -0.149. The summed E-state index contributed by atoms with van der Waals surface area (Å²) in [7, 11) is 0. The van der Waals surface area contributed by atoms with E-state index in [1.54, 1.807) is 30.3 Å². The molecule has 1 fully saturated rings. The molecule has 4 atom stereocenters. The Morgan fingerprint density at radius 1 is 1.00 bits per heavy atom. The smallest absolute Gasteiger partial charge is 0.326 e. The molecule has 3 amide bonds. The maximum absolute atomic E-state index is 13.4. The van der Waals surface area contributed by atoms with Crippen LogP contribution in [-0.4, -0.2) is 88.0 Å². The first-order valence-corrected chi connectivity index (χ1v) is 12.7. The number of hydrogen-bond donors (Lipinski definition) is 7. The zero-order chi connectivity index (χ0) is 28.9. The molecule has 0 aromatic heterocycles. The quantitative estimate of drug-likeness (QED) is 0.0762. The molecule has 1 aliphatic heterocycles. The van der Waals surface area contributed by atoms with E-state index in [0.717, 1.165) is 5.56 Å². The first kappa shape index (κ1) is 31.0. The van der Waals surface area contributed by atoms with E-state index >= 15 is 0 Å². The Labute approximate surface area is 226 Å². The minimum Gasteiger partial charge on any atom is -0.481 e. The number of carboxylic acid groups (broad SMARTS) is 2. The van der Waals surface area contributed by atoms with Gasteiger partial charge < -0.3 is 42.9 Å². The molecule has 1 saturated heterocycles. The van der Waals surface area contributed by atoms with Crippen molar-refractivity contribution in [2.45, 2.75) is 69.1 Å². The van der Waals surface area contributed by atoms with Crippen LogP contribution in [0.25, 0.3) is 0 Å². The van der Waals surface area contributed by atoms with E-state index in [-0.39, 0.29) is 44.7 Å². The van der Waals surface area contributed by atoms with E-state index in [1.165, 1.54) is 4.90 Å². The van der Waals surface area contributed by atoms with Crippen LogP contribution < -0.4 is 27.8 Å². The van der Waals surface area contributed by atoms with Gasteiger partial charge in [0.15, 0.2) is 5.96 Å². The predicted octanol–water partition coefficient (Wildman–Crippen LogP) is -1.48. The van der Waals surface area contributed by atoms with Gasteiger partial charge in [0, 0.05) is 25.9 Å². The fourth-order valence-electron chi connectivity index (χ4n) is 4.27. The third-order valence-electron chi connectivity index (χ3n) is 6.30. The average molecular weight is 548 g/mol. The highest BCUT2D eigenvalue weighted by Gasteiger charge is 2.38. The predicted molar refractivity (Wildman–Crippen MR) is 141 cm³/mol. The molecule has 14 heteroatoms. The van der Waals surface area contributed by atoms with Crippen LogP contribution in [0.1, 0.15) is 44.1 Å². The third kappa shape index (κ3) is 10.2. The maximum Gasteiger partial charge on any atom is 0.326 e. The van der Waals surface area contributed by atoms with E-state index in [4.69, 9.17) is 22.3 Å². The zero-order valence-electron chi connectivity index (χ0n) is 21.6. The van der Waals surface area contributed by atoms with Crippen molar-refractivity contribution in [3.63, 3.8) is 0 Å². The van der Waals surface area contributed by atoms with Crippen LogP contribution in [-0.2, 0) is 30.4 Å². The SMILES string of the molecule is NC(N)=NCCCC(NC(=O)C(Cc1ccccc1)NC(=O)C(N)CCC(=O)O)C(=O)N1CCCC1C(=O)O. The van der Waals surface area contributed by atoms with Gasteiger partial charge >= 0.3 is 11.9 Å². The molecule has 1 heterocycles.